The summed E-state index contributed by atoms with van der Waals surface area (Å²) in [4.78, 5) is 37.3. The summed E-state index contributed by atoms with van der Waals surface area (Å²) in [5.41, 5.74) is 0.789. The number of esters is 1. The number of ether oxygens (including phenoxy) is 1. The van der Waals surface area contributed by atoms with Gasteiger partial charge in [0.15, 0.2) is 0 Å². The molecule has 6 heteroatoms. The molecule has 0 unspecified atom stereocenters. The van der Waals surface area contributed by atoms with E-state index in [-0.39, 0.29) is 32.3 Å². The highest BCUT2D eigenvalue weighted by atomic mass is 16.5. The number of likely N-dealkylation sites (tertiary alicyclic amines) is 1. The summed E-state index contributed by atoms with van der Waals surface area (Å²) in [6, 6.07) is 19.5. The maximum atomic E-state index is 13.0. The molecular formula is C31H33NO5. The molecule has 1 saturated heterocycles. The first-order valence-corrected chi connectivity index (χ1v) is 13.0. The fraction of sp³-hybridized carbons (Fsp3) is 0.387. The average Bonchev–Trinajstić information content (AvgIpc) is 2.94. The van der Waals surface area contributed by atoms with E-state index >= 15 is 0 Å². The van der Waals surface area contributed by atoms with Crippen molar-refractivity contribution in [3.8, 4) is 0 Å². The Bertz CT molecular complexity index is 1460. The van der Waals surface area contributed by atoms with Crippen LogP contribution in [0.3, 0.4) is 0 Å². The number of carboxylic acid groups (broad SMARTS) is 1. The Balaban J connectivity index is 1.16. The van der Waals surface area contributed by atoms with E-state index in [2.05, 4.69) is 54.6 Å². The maximum absolute atomic E-state index is 13.0. The summed E-state index contributed by atoms with van der Waals surface area (Å²) in [5, 5.41) is 16.3. The monoisotopic (exact) mass is 501 g/mol. The van der Waals surface area contributed by atoms with Crippen molar-refractivity contribution in [3.63, 3.8) is 0 Å². The van der Waals surface area contributed by atoms with Gasteiger partial charge in [-0.1, -0.05) is 61.5 Å². The number of nitrogens with zero attached hydrogens (tertiary/aromatic N) is 1. The van der Waals surface area contributed by atoms with Crippen molar-refractivity contribution in [2.75, 3.05) is 19.7 Å². The van der Waals surface area contributed by atoms with Crippen LogP contribution in [0.4, 0.5) is 0 Å². The summed E-state index contributed by atoms with van der Waals surface area (Å²) in [6.07, 6.45) is 2.84. The number of carbonyl (C=O) groups excluding carboxylic acids is 2. The van der Waals surface area contributed by atoms with Gasteiger partial charge in [-0.15, -0.1) is 0 Å². The Morgan fingerprint density at radius 3 is 2.30 bits per heavy atom. The number of aliphatic carboxylic acids is 1. The summed E-state index contributed by atoms with van der Waals surface area (Å²) in [7, 11) is 0. The molecule has 192 valence electrons. The molecule has 1 aliphatic rings. The zero-order valence-corrected chi connectivity index (χ0v) is 21.0. The van der Waals surface area contributed by atoms with E-state index in [1.165, 1.54) is 37.9 Å². The fourth-order valence-corrected chi connectivity index (χ4v) is 5.49. The number of hydrogen-bond acceptors (Lipinski definition) is 4. The fourth-order valence-electron chi connectivity index (χ4n) is 5.49. The largest absolute Gasteiger partial charge is 0.481 e. The molecule has 6 nitrogen and oxygen atoms in total. The van der Waals surface area contributed by atoms with E-state index in [4.69, 9.17) is 11.2 Å². The number of carboxylic acids is 1. The molecule has 0 spiro atoms. The van der Waals surface area contributed by atoms with Crippen LogP contribution in [0.1, 0.15) is 52.4 Å². The molecule has 0 atom stereocenters. The van der Waals surface area contributed by atoms with Crippen molar-refractivity contribution >= 4 is 50.2 Å². The van der Waals surface area contributed by atoms with Gasteiger partial charge in [-0.05, 0) is 63.6 Å². The van der Waals surface area contributed by atoms with Gasteiger partial charge in [-0.3, -0.25) is 14.4 Å². The number of amides is 1. The van der Waals surface area contributed by atoms with Gasteiger partial charge in [0.25, 0.3) is 0 Å². The Labute approximate surface area is 217 Å². The molecule has 0 radical (unpaired) electrons. The Kier molecular flexibility index (Phi) is 6.64. The SMILES string of the molecule is [3H]CC1(COC(=O)CCC(=O)O)CCN(C(=O)CCCc2ccc3ccc4cccc5ccc2c3c45)CC1. The highest BCUT2D eigenvalue weighted by Gasteiger charge is 2.33. The van der Waals surface area contributed by atoms with Crippen LogP contribution in [-0.4, -0.2) is 47.5 Å². The molecule has 5 rings (SSSR count). The quantitative estimate of drug-likeness (QED) is 0.227. The van der Waals surface area contributed by atoms with Crippen molar-refractivity contribution in [3.05, 3.63) is 60.2 Å². The van der Waals surface area contributed by atoms with Crippen molar-refractivity contribution in [2.45, 2.75) is 51.8 Å². The first-order chi connectivity index (χ1) is 18.4. The van der Waals surface area contributed by atoms with E-state index in [1.807, 2.05) is 4.90 Å². The highest BCUT2D eigenvalue weighted by Crippen LogP contribution is 2.36. The molecule has 0 aromatic heterocycles. The number of aryl methyl sites for hydroxylation is 1. The second-order valence-electron chi connectivity index (χ2n) is 10.4. The van der Waals surface area contributed by atoms with Gasteiger partial charge in [0.05, 0.1) is 19.4 Å². The van der Waals surface area contributed by atoms with Crippen molar-refractivity contribution in [1.29, 1.82) is 0 Å². The van der Waals surface area contributed by atoms with E-state index in [0.29, 0.717) is 32.4 Å². The van der Waals surface area contributed by atoms with Gasteiger partial charge in [-0.2, -0.15) is 0 Å². The zero-order valence-electron chi connectivity index (χ0n) is 22.0. The molecular weight excluding hydrogens is 466 g/mol. The molecule has 0 bridgehead atoms. The van der Waals surface area contributed by atoms with Gasteiger partial charge >= 0.3 is 11.9 Å². The predicted molar refractivity (Wildman–Crippen MR) is 145 cm³/mol. The lowest BCUT2D eigenvalue weighted by Gasteiger charge is -2.39. The standard InChI is InChI=1S/C31H33NO5/c1-31(20-37-28(36)15-14-27(34)35)16-18-32(19-17-31)26(33)7-3-4-21-8-9-24-11-10-22-5-2-6-23-12-13-25(21)30(24)29(22)23/h2,5-6,8-13H,3-4,7,14-20H2,1H3,(H,34,35)/i1T. The smallest absolute Gasteiger partial charge is 0.306 e. The minimum atomic E-state index is -1.04. The van der Waals surface area contributed by atoms with Crippen LogP contribution in [0.5, 0.6) is 0 Å². The number of carbonyl (C=O) groups is 3. The lowest BCUT2D eigenvalue weighted by atomic mass is 9.81. The van der Waals surface area contributed by atoms with Crippen molar-refractivity contribution in [2.24, 2.45) is 5.41 Å². The molecule has 0 aliphatic carbocycles. The van der Waals surface area contributed by atoms with Gasteiger partial charge < -0.3 is 14.7 Å². The van der Waals surface area contributed by atoms with Crippen LogP contribution in [-0.2, 0) is 25.5 Å². The average molecular weight is 502 g/mol. The van der Waals surface area contributed by atoms with E-state index in [0.717, 1.165) is 12.8 Å². The molecule has 1 heterocycles. The second kappa shape index (κ2) is 10.4. The number of piperidine rings is 1. The predicted octanol–water partition coefficient (Wildman–Crippen LogP) is 5.94. The van der Waals surface area contributed by atoms with Crippen LogP contribution in [0, 0.1) is 5.41 Å². The first-order valence-electron chi connectivity index (χ1n) is 13.7. The van der Waals surface area contributed by atoms with E-state index in [9.17, 15) is 14.4 Å². The molecule has 1 fully saturated rings. The topological polar surface area (TPSA) is 83.9 Å². The minimum absolute atomic E-state index is 0.103. The second-order valence-corrected chi connectivity index (χ2v) is 10.4. The third-order valence-corrected chi connectivity index (χ3v) is 7.71. The summed E-state index contributed by atoms with van der Waals surface area (Å²) in [5.74, 6) is -1.46. The molecule has 1 N–H and O–H groups in total. The van der Waals surface area contributed by atoms with Crippen LogP contribution in [0.25, 0.3) is 32.3 Å². The van der Waals surface area contributed by atoms with Crippen molar-refractivity contribution in [1.82, 2.24) is 4.90 Å². The third kappa shape index (κ3) is 5.38. The number of hydrogen-bond donors (Lipinski definition) is 1. The molecule has 4 aromatic rings. The Hall–Kier alpha value is -3.67. The molecule has 1 aliphatic heterocycles. The van der Waals surface area contributed by atoms with Gasteiger partial charge in [0.2, 0.25) is 5.91 Å². The summed E-state index contributed by atoms with van der Waals surface area (Å²) < 4.78 is 13.3. The molecule has 1 amide bonds. The molecule has 4 aromatic carbocycles. The molecule has 37 heavy (non-hydrogen) atoms. The van der Waals surface area contributed by atoms with Crippen LogP contribution in [0.15, 0.2) is 54.6 Å². The number of rotatable bonds is 9. The highest BCUT2D eigenvalue weighted by molar-refractivity contribution is 6.23. The molecule has 0 saturated carbocycles. The van der Waals surface area contributed by atoms with Crippen LogP contribution in [0.2, 0.25) is 0 Å². The first kappa shape index (κ1) is 23.7. The van der Waals surface area contributed by atoms with Gasteiger partial charge in [0.1, 0.15) is 0 Å². The Morgan fingerprint density at radius 2 is 1.59 bits per heavy atom. The van der Waals surface area contributed by atoms with E-state index in [1.54, 1.807) is 0 Å². The van der Waals surface area contributed by atoms with Crippen LogP contribution < -0.4 is 0 Å². The lowest BCUT2D eigenvalue weighted by Crippen LogP contribution is -2.44. The summed E-state index contributed by atoms with van der Waals surface area (Å²) >= 11 is 0. The van der Waals surface area contributed by atoms with Crippen LogP contribution >= 0.6 is 0 Å². The third-order valence-electron chi connectivity index (χ3n) is 7.71. The minimum Gasteiger partial charge on any atom is -0.481 e. The number of benzene rings is 4. The van der Waals surface area contributed by atoms with Gasteiger partial charge in [-0.25, -0.2) is 0 Å². The Morgan fingerprint density at radius 1 is 0.919 bits per heavy atom. The summed E-state index contributed by atoms with van der Waals surface area (Å²) in [6.45, 7) is 1.30. The lowest BCUT2D eigenvalue weighted by molar-refractivity contribution is -0.151. The maximum Gasteiger partial charge on any atom is 0.306 e. The normalized spacial score (nSPS) is 15.8. The van der Waals surface area contributed by atoms with Crippen molar-refractivity contribution < 1.29 is 25.6 Å². The van der Waals surface area contributed by atoms with E-state index < -0.39 is 17.4 Å². The van der Waals surface area contributed by atoms with Gasteiger partial charge in [0, 0.05) is 26.3 Å². The zero-order chi connectivity index (χ0) is 26.7.